The van der Waals surface area contributed by atoms with Crippen molar-refractivity contribution in [3.8, 4) is 0 Å². The van der Waals surface area contributed by atoms with Crippen LogP contribution in [-0.2, 0) is 9.59 Å². The van der Waals surface area contributed by atoms with E-state index in [-0.39, 0.29) is 18.4 Å². The fourth-order valence-corrected chi connectivity index (χ4v) is 1.02. The summed E-state index contributed by atoms with van der Waals surface area (Å²) in [5.41, 5.74) is 0. The van der Waals surface area contributed by atoms with Crippen molar-refractivity contribution in [2.24, 2.45) is 0 Å². The van der Waals surface area contributed by atoms with Gasteiger partial charge in [0.05, 0.1) is 6.54 Å². The lowest BCUT2D eigenvalue weighted by Gasteiger charge is -2.06. The Labute approximate surface area is 91.0 Å². The van der Waals surface area contributed by atoms with E-state index in [1.807, 2.05) is 13.8 Å². The lowest BCUT2D eigenvalue weighted by Crippen LogP contribution is -2.39. The van der Waals surface area contributed by atoms with Gasteiger partial charge < -0.3 is 16.0 Å². The van der Waals surface area contributed by atoms with Gasteiger partial charge in [0.2, 0.25) is 11.8 Å². The number of likely N-dealkylation sites (N-methyl/N-ethyl adjacent to an activating group) is 1. The number of amides is 2. The second-order valence-electron chi connectivity index (χ2n) is 3.23. The van der Waals surface area contributed by atoms with E-state index in [1.54, 1.807) is 0 Å². The van der Waals surface area contributed by atoms with Crippen LogP contribution in [0.25, 0.3) is 0 Å². The molecule has 5 nitrogen and oxygen atoms in total. The van der Waals surface area contributed by atoms with Crippen LogP contribution in [0.3, 0.4) is 0 Å². The van der Waals surface area contributed by atoms with E-state index >= 15 is 0 Å². The summed E-state index contributed by atoms with van der Waals surface area (Å²) in [6.45, 7) is 6.25. The van der Waals surface area contributed by atoms with Crippen molar-refractivity contribution < 1.29 is 9.59 Å². The number of carbonyl (C=O) groups is 2. The van der Waals surface area contributed by atoms with E-state index in [9.17, 15) is 9.59 Å². The Morgan fingerprint density at radius 1 is 1.00 bits per heavy atom. The van der Waals surface area contributed by atoms with E-state index in [0.29, 0.717) is 13.0 Å². The molecule has 0 heterocycles. The van der Waals surface area contributed by atoms with E-state index in [1.165, 1.54) is 0 Å². The van der Waals surface area contributed by atoms with Crippen molar-refractivity contribution in [2.75, 3.05) is 26.2 Å². The predicted molar refractivity (Wildman–Crippen MR) is 59.5 cm³/mol. The van der Waals surface area contributed by atoms with Crippen molar-refractivity contribution >= 4 is 11.8 Å². The van der Waals surface area contributed by atoms with Crippen LogP contribution in [-0.4, -0.2) is 38.0 Å². The highest BCUT2D eigenvalue weighted by Crippen LogP contribution is 1.84. The van der Waals surface area contributed by atoms with Crippen LogP contribution < -0.4 is 16.0 Å². The van der Waals surface area contributed by atoms with Gasteiger partial charge in [-0.3, -0.25) is 9.59 Å². The maximum Gasteiger partial charge on any atom is 0.239 e. The Morgan fingerprint density at radius 2 is 1.73 bits per heavy atom. The molecular weight excluding hydrogens is 194 g/mol. The van der Waals surface area contributed by atoms with Gasteiger partial charge in [0, 0.05) is 19.5 Å². The average molecular weight is 215 g/mol. The molecule has 0 bridgehead atoms. The molecular formula is C10H21N3O2. The van der Waals surface area contributed by atoms with Crippen LogP contribution in [0.5, 0.6) is 0 Å². The number of hydrogen-bond acceptors (Lipinski definition) is 3. The van der Waals surface area contributed by atoms with Gasteiger partial charge in [-0.1, -0.05) is 13.8 Å². The van der Waals surface area contributed by atoms with Gasteiger partial charge in [-0.05, 0) is 13.0 Å². The summed E-state index contributed by atoms with van der Waals surface area (Å²) in [5.74, 6) is -0.211. The van der Waals surface area contributed by atoms with E-state index in [4.69, 9.17) is 0 Å². The number of rotatable bonds is 8. The second-order valence-corrected chi connectivity index (χ2v) is 3.23. The highest BCUT2D eigenvalue weighted by Gasteiger charge is 2.03. The molecule has 0 aromatic rings. The lowest BCUT2D eigenvalue weighted by atomic mass is 10.3. The van der Waals surface area contributed by atoms with Crippen LogP contribution in [0, 0.1) is 0 Å². The topological polar surface area (TPSA) is 70.2 Å². The highest BCUT2D eigenvalue weighted by molar-refractivity contribution is 5.84. The molecule has 0 radical (unpaired) electrons. The summed E-state index contributed by atoms with van der Waals surface area (Å²) in [6, 6.07) is 0. The molecule has 0 aliphatic heterocycles. The highest BCUT2D eigenvalue weighted by atomic mass is 16.2. The first-order valence-corrected chi connectivity index (χ1v) is 5.44. The molecule has 0 atom stereocenters. The molecule has 0 aromatic heterocycles. The zero-order valence-corrected chi connectivity index (χ0v) is 9.56. The third kappa shape index (κ3) is 9.21. The molecule has 15 heavy (non-hydrogen) atoms. The van der Waals surface area contributed by atoms with Crippen LogP contribution in [0.1, 0.15) is 26.7 Å². The normalized spacial score (nSPS) is 9.73. The molecule has 0 saturated heterocycles. The molecule has 0 saturated carbocycles. The monoisotopic (exact) mass is 215 g/mol. The predicted octanol–water partition coefficient (Wildman–Crippen LogP) is -0.372. The Morgan fingerprint density at radius 3 is 2.33 bits per heavy atom. The summed E-state index contributed by atoms with van der Waals surface area (Å²) in [5, 5.41) is 8.34. The average Bonchev–Trinajstić information content (AvgIpc) is 2.22. The lowest BCUT2D eigenvalue weighted by molar-refractivity contribution is -0.126. The molecule has 0 rings (SSSR count). The molecule has 0 unspecified atom stereocenters. The summed E-state index contributed by atoms with van der Waals surface area (Å²) < 4.78 is 0. The first-order valence-electron chi connectivity index (χ1n) is 5.44. The first-order chi connectivity index (χ1) is 7.20. The third-order valence-electron chi connectivity index (χ3n) is 1.80. The minimum atomic E-state index is -0.141. The second kappa shape index (κ2) is 9.45. The number of hydrogen-bond donors (Lipinski definition) is 3. The smallest absolute Gasteiger partial charge is 0.239 e. The van der Waals surface area contributed by atoms with Crippen LogP contribution >= 0.6 is 0 Å². The van der Waals surface area contributed by atoms with Gasteiger partial charge in [-0.2, -0.15) is 0 Å². The minimum absolute atomic E-state index is 0.0701. The third-order valence-corrected chi connectivity index (χ3v) is 1.80. The zero-order chi connectivity index (χ0) is 11.5. The van der Waals surface area contributed by atoms with E-state index < -0.39 is 0 Å². The Kier molecular flexibility index (Phi) is 8.76. The standard InChI is InChI=1S/C10H21N3O2/c1-3-5-9(14)13-8-10(15)12-7-6-11-4-2/h11H,3-8H2,1-2H3,(H,12,15)(H,13,14). The largest absolute Gasteiger partial charge is 0.353 e. The fraction of sp³-hybridized carbons (Fsp3) is 0.800. The molecule has 0 aliphatic carbocycles. The first kappa shape index (κ1) is 13.9. The van der Waals surface area contributed by atoms with Crippen molar-refractivity contribution in [1.29, 1.82) is 0 Å². The van der Waals surface area contributed by atoms with Crippen LogP contribution in [0.15, 0.2) is 0 Å². The molecule has 0 aromatic carbocycles. The molecule has 5 heteroatoms. The van der Waals surface area contributed by atoms with E-state index in [2.05, 4.69) is 16.0 Å². The van der Waals surface area contributed by atoms with Gasteiger partial charge in [-0.25, -0.2) is 0 Å². The summed E-state index contributed by atoms with van der Waals surface area (Å²) in [7, 11) is 0. The van der Waals surface area contributed by atoms with Gasteiger partial charge in [0.25, 0.3) is 0 Å². The molecule has 0 fully saturated rings. The molecule has 88 valence electrons. The summed E-state index contributed by atoms with van der Waals surface area (Å²) >= 11 is 0. The molecule has 2 amide bonds. The van der Waals surface area contributed by atoms with Gasteiger partial charge in [0.1, 0.15) is 0 Å². The summed E-state index contributed by atoms with van der Waals surface area (Å²) in [6.07, 6.45) is 1.28. The van der Waals surface area contributed by atoms with Gasteiger partial charge in [-0.15, -0.1) is 0 Å². The summed E-state index contributed by atoms with van der Waals surface area (Å²) in [4.78, 5) is 22.2. The Hall–Kier alpha value is -1.10. The van der Waals surface area contributed by atoms with Crippen molar-refractivity contribution in [2.45, 2.75) is 26.7 Å². The maximum atomic E-state index is 11.2. The SMILES string of the molecule is CCCC(=O)NCC(=O)NCCNCC. The van der Waals surface area contributed by atoms with Crippen molar-refractivity contribution in [1.82, 2.24) is 16.0 Å². The van der Waals surface area contributed by atoms with E-state index in [0.717, 1.165) is 19.5 Å². The van der Waals surface area contributed by atoms with Crippen molar-refractivity contribution in [3.05, 3.63) is 0 Å². The van der Waals surface area contributed by atoms with Crippen molar-refractivity contribution in [3.63, 3.8) is 0 Å². The Bertz CT molecular complexity index is 195. The maximum absolute atomic E-state index is 11.2. The van der Waals surface area contributed by atoms with Crippen LogP contribution in [0.4, 0.5) is 0 Å². The Balaban J connectivity index is 3.36. The molecule has 0 aliphatic rings. The molecule has 0 spiro atoms. The van der Waals surface area contributed by atoms with Gasteiger partial charge in [0.15, 0.2) is 0 Å². The zero-order valence-electron chi connectivity index (χ0n) is 9.56. The fourth-order valence-electron chi connectivity index (χ4n) is 1.02. The minimum Gasteiger partial charge on any atom is -0.353 e. The van der Waals surface area contributed by atoms with Crippen LogP contribution in [0.2, 0.25) is 0 Å². The number of carbonyl (C=O) groups excluding carboxylic acids is 2. The number of nitrogens with one attached hydrogen (secondary N) is 3. The van der Waals surface area contributed by atoms with Gasteiger partial charge >= 0.3 is 0 Å². The molecule has 3 N–H and O–H groups in total. The quantitative estimate of drug-likeness (QED) is 0.484.